The van der Waals surface area contributed by atoms with Crippen molar-refractivity contribution in [3.05, 3.63) is 70.6 Å². The second-order valence-electron chi connectivity index (χ2n) is 9.23. The normalized spacial score (nSPS) is 21.0. The topological polar surface area (TPSA) is 104 Å². The molecule has 2 amide bonds. The maximum absolute atomic E-state index is 13.6. The molecule has 178 valence electrons. The molecular weight excluding hydrogens is 432 g/mol. The van der Waals surface area contributed by atoms with Gasteiger partial charge in [-0.25, -0.2) is 5.21 Å². The summed E-state index contributed by atoms with van der Waals surface area (Å²) >= 11 is 0. The number of aromatic amines is 1. The van der Waals surface area contributed by atoms with E-state index in [1.807, 2.05) is 24.3 Å². The van der Waals surface area contributed by atoms with Crippen LogP contribution < -0.4 is 5.23 Å². The zero-order chi connectivity index (χ0) is 23.8. The minimum absolute atomic E-state index is 0.000754. The van der Waals surface area contributed by atoms with Gasteiger partial charge in [0.15, 0.2) is 5.69 Å². The quantitative estimate of drug-likeness (QED) is 0.371. The number of carbonyl (C=O) groups excluding carboxylic acids is 2. The summed E-state index contributed by atoms with van der Waals surface area (Å²) in [4.78, 5) is 34.0. The maximum Gasteiger partial charge on any atom is 0.246 e. The van der Waals surface area contributed by atoms with Crippen LogP contribution in [0.4, 0.5) is 5.69 Å². The van der Waals surface area contributed by atoms with Gasteiger partial charge in [0.05, 0.1) is 12.6 Å². The van der Waals surface area contributed by atoms with Gasteiger partial charge in [-0.15, -0.1) is 0 Å². The van der Waals surface area contributed by atoms with Gasteiger partial charge in [0.2, 0.25) is 11.8 Å². The molecule has 3 atom stereocenters. The van der Waals surface area contributed by atoms with Crippen molar-refractivity contribution in [3.63, 3.8) is 0 Å². The Morgan fingerprint density at radius 1 is 1.09 bits per heavy atom. The monoisotopic (exact) mass is 462 g/mol. The van der Waals surface area contributed by atoms with Gasteiger partial charge < -0.3 is 20.0 Å². The number of unbranched alkanes of at least 4 members (excludes halogenated alkanes) is 3. The van der Waals surface area contributed by atoms with Crippen LogP contribution in [0.25, 0.3) is 10.9 Å². The number of para-hydroxylation sites is 1. The summed E-state index contributed by atoms with van der Waals surface area (Å²) in [5, 5.41) is 20.7. The van der Waals surface area contributed by atoms with Crippen LogP contribution in [0.15, 0.2) is 48.5 Å². The van der Waals surface area contributed by atoms with Crippen molar-refractivity contribution in [1.82, 2.24) is 14.8 Å². The molecule has 5 rings (SSSR count). The highest BCUT2D eigenvalue weighted by molar-refractivity contribution is 5.97. The molecule has 3 unspecified atom stereocenters. The van der Waals surface area contributed by atoms with Crippen molar-refractivity contribution in [1.29, 1.82) is 0 Å². The lowest BCUT2D eigenvalue weighted by molar-refractivity contribution is -0.991. The number of nitrogens with zero attached hydrogens (tertiary/aromatic N) is 2. The van der Waals surface area contributed by atoms with Crippen LogP contribution in [0.1, 0.15) is 55.5 Å². The van der Waals surface area contributed by atoms with Gasteiger partial charge in [-0.1, -0.05) is 56.5 Å². The predicted molar refractivity (Wildman–Crippen MR) is 127 cm³/mol. The number of amides is 2. The van der Waals surface area contributed by atoms with E-state index >= 15 is 0 Å². The van der Waals surface area contributed by atoms with Crippen LogP contribution in [0.2, 0.25) is 0 Å². The molecule has 2 aliphatic heterocycles. The molecular formula is C26H30N4O4. The second-order valence-corrected chi connectivity index (χ2v) is 9.23. The molecule has 8 heteroatoms. The highest BCUT2D eigenvalue weighted by atomic mass is 16.8. The molecule has 1 aromatic heterocycles. The summed E-state index contributed by atoms with van der Waals surface area (Å²) in [7, 11) is 0. The first-order valence-corrected chi connectivity index (χ1v) is 12.0. The Labute approximate surface area is 198 Å². The number of rotatable bonds is 7. The molecule has 1 saturated heterocycles. The number of carbonyl (C=O) groups is 2. The third kappa shape index (κ3) is 3.87. The third-order valence-corrected chi connectivity index (χ3v) is 7.10. The number of H-pyrrole nitrogens is 1. The molecule has 0 radical (unpaired) electrons. The van der Waals surface area contributed by atoms with Gasteiger partial charge in [0, 0.05) is 41.7 Å². The molecule has 1 fully saturated rings. The van der Waals surface area contributed by atoms with Crippen molar-refractivity contribution in [2.24, 2.45) is 0 Å². The van der Waals surface area contributed by atoms with Crippen LogP contribution in [0, 0.1) is 5.21 Å². The van der Waals surface area contributed by atoms with Crippen LogP contribution in [-0.2, 0) is 16.0 Å². The van der Waals surface area contributed by atoms with Gasteiger partial charge in [-0.2, -0.15) is 5.23 Å². The van der Waals surface area contributed by atoms with E-state index in [0.717, 1.165) is 53.4 Å². The Bertz CT molecular complexity index is 1200. The van der Waals surface area contributed by atoms with Gasteiger partial charge in [0.25, 0.3) is 0 Å². The molecule has 0 aliphatic carbocycles. The number of fused-ring (bicyclic) bond motifs is 4. The number of piperazine rings is 1. The number of benzene rings is 2. The minimum atomic E-state index is -0.998. The number of aromatic nitrogens is 1. The zero-order valence-corrected chi connectivity index (χ0v) is 19.3. The fraction of sp³-hybridized carbons (Fsp3) is 0.385. The molecule has 0 saturated carbocycles. The molecule has 3 N–H and O–H groups in total. The Morgan fingerprint density at radius 2 is 1.85 bits per heavy atom. The third-order valence-electron chi connectivity index (χ3n) is 7.10. The van der Waals surface area contributed by atoms with Gasteiger partial charge >= 0.3 is 0 Å². The molecule has 2 aromatic carbocycles. The maximum atomic E-state index is 13.6. The van der Waals surface area contributed by atoms with Crippen LogP contribution in [0.3, 0.4) is 0 Å². The Hall–Kier alpha value is -3.20. The first kappa shape index (κ1) is 22.6. The number of hydrogen-bond donors (Lipinski definition) is 3. The van der Waals surface area contributed by atoms with Crippen molar-refractivity contribution in [3.8, 4) is 0 Å². The summed E-state index contributed by atoms with van der Waals surface area (Å²) in [6.07, 6.45) is 4.67. The van der Waals surface area contributed by atoms with E-state index in [4.69, 9.17) is 0 Å². The first-order valence-electron chi connectivity index (χ1n) is 12.0. The van der Waals surface area contributed by atoms with Gasteiger partial charge in [-0.05, 0) is 23.6 Å². The van der Waals surface area contributed by atoms with Crippen LogP contribution in [-0.4, -0.2) is 50.9 Å². The molecule has 0 bridgehead atoms. The summed E-state index contributed by atoms with van der Waals surface area (Å²) in [5.41, 5.74) is 3.90. The summed E-state index contributed by atoms with van der Waals surface area (Å²) in [5.74, 6) is -0.0732. The number of quaternary nitrogens is 1. The molecule has 0 spiro atoms. The van der Waals surface area contributed by atoms with E-state index < -0.39 is 17.3 Å². The molecule has 34 heavy (non-hydrogen) atoms. The van der Waals surface area contributed by atoms with Gasteiger partial charge in [-0.3, -0.25) is 9.59 Å². The van der Waals surface area contributed by atoms with Crippen molar-refractivity contribution < 1.29 is 20.0 Å². The fourth-order valence-electron chi connectivity index (χ4n) is 5.40. The lowest BCUT2D eigenvalue weighted by Gasteiger charge is -2.47. The van der Waals surface area contributed by atoms with Crippen molar-refractivity contribution >= 4 is 28.4 Å². The predicted octanol–water partition coefficient (Wildman–Crippen LogP) is 2.84. The highest BCUT2D eigenvalue weighted by Crippen LogP contribution is 2.42. The molecule has 3 aromatic rings. The minimum Gasteiger partial charge on any atom is -0.595 e. The SMILES string of the molecule is CCCCCCN1CC(=O)N2C(Cc3c([nH]c4ccccc34)C2c2ccc([NH+]([O-])O)cc2)C1=O. The zero-order valence-electron chi connectivity index (χ0n) is 19.3. The molecule has 2 aliphatic rings. The Balaban J connectivity index is 1.55. The fourth-order valence-corrected chi connectivity index (χ4v) is 5.40. The van der Waals surface area contributed by atoms with E-state index in [9.17, 15) is 20.0 Å². The number of hydrogen-bond acceptors (Lipinski definition) is 4. The van der Waals surface area contributed by atoms with Gasteiger partial charge in [0.1, 0.15) is 6.04 Å². The summed E-state index contributed by atoms with van der Waals surface area (Å²) in [6.45, 7) is 2.84. The Morgan fingerprint density at radius 3 is 2.59 bits per heavy atom. The second kappa shape index (κ2) is 9.21. The first-order chi connectivity index (χ1) is 16.5. The lowest BCUT2D eigenvalue weighted by atomic mass is 9.86. The van der Waals surface area contributed by atoms with E-state index in [1.54, 1.807) is 34.1 Å². The number of nitrogens with one attached hydrogen (secondary N) is 2. The summed E-state index contributed by atoms with van der Waals surface area (Å²) in [6, 6.07) is 13.6. The average Bonchev–Trinajstić information content (AvgIpc) is 3.22. The van der Waals surface area contributed by atoms with Crippen molar-refractivity contribution in [2.45, 2.75) is 51.1 Å². The molecule has 8 nitrogen and oxygen atoms in total. The highest BCUT2D eigenvalue weighted by Gasteiger charge is 2.48. The van der Waals surface area contributed by atoms with E-state index in [1.165, 1.54) is 0 Å². The molecule has 3 heterocycles. The Kier molecular flexibility index (Phi) is 6.12. The smallest absolute Gasteiger partial charge is 0.246 e. The van der Waals surface area contributed by atoms with E-state index in [2.05, 4.69) is 11.9 Å². The van der Waals surface area contributed by atoms with Crippen LogP contribution >= 0.6 is 0 Å². The summed E-state index contributed by atoms with van der Waals surface area (Å²) < 4.78 is 0. The largest absolute Gasteiger partial charge is 0.595 e. The van der Waals surface area contributed by atoms with Crippen LogP contribution in [0.5, 0.6) is 0 Å². The lowest BCUT2D eigenvalue weighted by Crippen LogP contribution is -2.99. The standard InChI is InChI=1S/C26H30N4O4/c1-2-3-4-7-14-28-16-23(31)29-22(26(28)32)15-20-19-8-5-6-9-21(19)27-24(20)25(29)17-10-12-18(13-11-17)30(33)34/h5-6,8-13,22,25,27,30,33H,2-4,7,14-16H2,1H3. The van der Waals surface area contributed by atoms with E-state index in [-0.39, 0.29) is 24.0 Å². The van der Waals surface area contributed by atoms with Crippen molar-refractivity contribution in [2.75, 3.05) is 13.1 Å². The van der Waals surface area contributed by atoms with E-state index in [0.29, 0.717) is 13.0 Å². The average molecular weight is 463 g/mol.